The van der Waals surface area contributed by atoms with Crippen LogP contribution in [0.25, 0.3) is 0 Å². The summed E-state index contributed by atoms with van der Waals surface area (Å²) < 4.78 is 5.50. The van der Waals surface area contributed by atoms with E-state index in [2.05, 4.69) is 5.32 Å². The number of amides is 2. The molecule has 2 rings (SSSR count). The average Bonchev–Trinajstić information content (AvgIpc) is 2.52. The lowest BCUT2D eigenvalue weighted by Crippen LogP contribution is -2.41. The van der Waals surface area contributed by atoms with Crippen LogP contribution < -0.4 is 10.1 Å². The number of rotatable bonds is 8. The quantitative estimate of drug-likeness (QED) is 0.749. The fraction of sp³-hybridized carbons (Fsp3) is 0.500. The summed E-state index contributed by atoms with van der Waals surface area (Å²) in [4.78, 5) is 36.8. The molecule has 7 nitrogen and oxygen atoms in total. The zero-order valence-corrected chi connectivity index (χ0v) is 14.5. The van der Waals surface area contributed by atoms with E-state index in [4.69, 9.17) is 9.84 Å². The minimum atomic E-state index is -0.932. The minimum absolute atomic E-state index is 0.0667. The van der Waals surface area contributed by atoms with Crippen LogP contribution in [0.15, 0.2) is 24.3 Å². The molecule has 0 spiro atoms. The van der Waals surface area contributed by atoms with Crippen LogP contribution in [0.4, 0.5) is 5.69 Å². The number of benzene rings is 1. The van der Waals surface area contributed by atoms with Crippen molar-refractivity contribution in [2.45, 2.75) is 26.7 Å². The number of ether oxygens (including phenoxy) is 1. The van der Waals surface area contributed by atoms with Gasteiger partial charge in [0.15, 0.2) is 6.61 Å². The van der Waals surface area contributed by atoms with Gasteiger partial charge < -0.3 is 20.1 Å². The fourth-order valence-electron chi connectivity index (χ4n) is 2.82. The molecule has 2 N–H and O–H groups in total. The Morgan fingerprint density at radius 1 is 1.20 bits per heavy atom. The molecular formula is C18H24N2O5. The number of anilines is 1. The molecule has 7 heteroatoms. The van der Waals surface area contributed by atoms with Crippen molar-refractivity contribution in [1.82, 2.24) is 4.90 Å². The van der Waals surface area contributed by atoms with Crippen molar-refractivity contribution in [3.63, 3.8) is 0 Å². The van der Waals surface area contributed by atoms with Gasteiger partial charge in [0.25, 0.3) is 5.91 Å². The molecule has 0 aromatic heterocycles. The molecule has 136 valence electrons. The summed E-state index contributed by atoms with van der Waals surface area (Å²) >= 11 is 0. The summed E-state index contributed by atoms with van der Waals surface area (Å²) in [5.74, 6) is -1.95. The lowest BCUT2D eigenvalue weighted by molar-refractivity contribution is -0.151. The van der Waals surface area contributed by atoms with Gasteiger partial charge in [-0.2, -0.15) is 0 Å². The highest BCUT2D eigenvalue weighted by Gasteiger charge is 2.41. The highest BCUT2D eigenvalue weighted by Crippen LogP contribution is 2.35. The van der Waals surface area contributed by atoms with Crippen molar-refractivity contribution in [2.24, 2.45) is 11.8 Å². The lowest BCUT2D eigenvalue weighted by atomic mass is 9.73. The molecule has 1 fully saturated rings. The van der Waals surface area contributed by atoms with E-state index in [1.54, 1.807) is 29.2 Å². The van der Waals surface area contributed by atoms with Gasteiger partial charge in [0, 0.05) is 24.8 Å². The highest BCUT2D eigenvalue weighted by atomic mass is 16.5. The van der Waals surface area contributed by atoms with Crippen LogP contribution in [0, 0.1) is 11.8 Å². The first-order chi connectivity index (χ1) is 12.0. The molecule has 1 saturated carbocycles. The summed E-state index contributed by atoms with van der Waals surface area (Å²) in [7, 11) is 0. The molecule has 1 aliphatic carbocycles. The van der Waals surface area contributed by atoms with E-state index in [0.29, 0.717) is 37.4 Å². The third kappa shape index (κ3) is 4.71. The van der Waals surface area contributed by atoms with Crippen LogP contribution in [-0.2, 0) is 14.4 Å². The van der Waals surface area contributed by atoms with Crippen LogP contribution in [0.5, 0.6) is 5.75 Å². The second-order valence-corrected chi connectivity index (χ2v) is 6.00. The molecule has 1 aliphatic rings. The highest BCUT2D eigenvalue weighted by molar-refractivity contribution is 5.96. The number of nitrogens with one attached hydrogen (secondary N) is 1. The molecule has 0 saturated heterocycles. The second kappa shape index (κ2) is 8.50. The first kappa shape index (κ1) is 18.8. The number of carboxylic acid groups (broad SMARTS) is 1. The normalized spacial score (nSPS) is 18.8. The minimum Gasteiger partial charge on any atom is -0.484 e. The van der Waals surface area contributed by atoms with Gasteiger partial charge in [-0.1, -0.05) is 6.07 Å². The predicted molar refractivity (Wildman–Crippen MR) is 92.3 cm³/mol. The Balaban J connectivity index is 1.91. The molecule has 1 aromatic carbocycles. The third-order valence-electron chi connectivity index (χ3n) is 4.51. The lowest BCUT2D eigenvalue weighted by Gasteiger charge is -2.31. The van der Waals surface area contributed by atoms with Crippen LogP contribution in [0.3, 0.4) is 0 Å². The van der Waals surface area contributed by atoms with E-state index in [0.717, 1.165) is 0 Å². The molecule has 0 bridgehead atoms. The smallest absolute Gasteiger partial charge is 0.307 e. The van der Waals surface area contributed by atoms with Crippen molar-refractivity contribution in [1.29, 1.82) is 0 Å². The summed E-state index contributed by atoms with van der Waals surface area (Å²) in [5.41, 5.74) is 0.522. The zero-order chi connectivity index (χ0) is 18.4. The van der Waals surface area contributed by atoms with E-state index in [-0.39, 0.29) is 18.4 Å². The molecule has 2 amide bonds. The first-order valence-corrected chi connectivity index (χ1v) is 8.50. The molecule has 0 aliphatic heterocycles. The molecule has 2 unspecified atom stereocenters. The monoisotopic (exact) mass is 348 g/mol. The van der Waals surface area contributed by atoms with E-state index < -0.39 is 17.8 Å². The van der Waals surface area contributed by atoms with Crippen LogP contribution in [-0.4, -0.2) is 47.5 Å². The zero-order valence-electron chi connectivity index (χ0n) is 14.5. The Morgan fingerprint density at radius 2 is 1.88 bits per heavy atom. The maximum absolute atomic E-state index is 12.2. The number of nitrogens with zero attached hydrogens (tertiary/aromatic N) is 1. The number of aliphatic carboxylic acids is 1. The van der Waals surface area contributed by atoms with Gasteiger partial charge in [0.05, 0.1) is 11.8 Å². The van der Waals surface area contributed by atoms with E-state index in [1.807, 2.05) is 13.8 Å². The maximum atomic E-state index is 12.2. The van der Waals surface area contributed by atoms with Crippen LogP contribution >= 0.6 is 0 Å². The second-order valence-electron chi connectivity index (χ2n) is 6.00. The van der Waals surface area contributed by atoms with Gasteiger partial charge in [-0.3, -0.25) is 14.4 Å². The van der Waals surface area contributed by atoms with Crippen molar-refractivity contribution in [3.05, 3.63) is 24.3 Å². The van der Waals surface area contributed by atoms with Gasteiger partial charge >= 0.3 is 5.97 Å². The van der Waals surface area contributed by atoms with Gasteiger partial charge in [-0.15, -0.1) is 0 Å². The Hall–Kier alpha value is -2.57. The average molecular weight is 348 g/mol. The van der Waals surface area contributed by atoms with Crippen molar-refractivity contribution in [2.75, 3.05) is 25.0 Å². The molecule has 25 heavy (non-hydrogen) atoms. The summed E-state index contributed by atoms with van der Waals surface area (Å²) in [6.45, 7) is 5.00. The third-order valence-corrected chi connectivity index (χ3v) is 4.51. The number of carbonyl (C=O) groups excluding carboxylic acids is 2. The SMILES string of the molecule is CCN(CC)C(=O)COc1cccc(NC(=O)C2CCC2C(=O)O)c1. The first-order valence-electron chi connectivity index (χ1n) is 8.50. The van der Waals surface area contributed by atoms with Crippen LogP contribution in [0.2, 0.25) is 0 Å². The molecule has 1 aromatic rings. The largest absolute Gasteiger partial charge is 0.484 e. The Morgan fingerprint density at radius 3 is 2.44 bits per heavy atom. The number of hydrogen-bond acceptors (Lipinski definition) is 4. The van der Waals surface area contributed by atoms with E-state index >= 15 is 0 Å². The van der Waals surface area contributed by atoms with Crippen LogP contribution in [0.1, 0.15) is 26.7 Å². The molecule has 0 radical (unpaired) electrons. The predicted octanol–water partition coefficient (Wildman–Crippen LogP) is 1.98. The molecular weight excluding hydrogens is 324 g/mol. The summed E-state index contributed by atoms with van der Waals surface area (Å²) in [5, 5.41) is 11.8. The fourth-order valence-corrected chi connectivity index (χ4v) is 2.82. The van der Waals surface area contributed by atoms with Gasteiger partial charge in [0.1, 0.15) is 5.75 Å². The van der Waals surface area contributed by atoms with Crippen molar-refractivity contribution >= 4 is 23.5 Å². The van der Waals surface area contributed by atoms with Gasteiger partial charge in [0.2, 0.25) is 5.91 Å². The van der Waals surface area contributed by atoms with Gasteiger partial charge in [-0.25, -0.2) is 0 Å². The Bertz CT molecular complexity index is 642. The molecule has 2 atom stereocenters. The number of hydrogen-bond donors (Lipinski definition) is 2. The number of carbonyl (C=O) groups is 3. The summed E-state index contributed by atoms with van der Waals surface area (Å²) in [6, 6.07) is 6.74. The number of likely N-dealkylation sites (N-methyl/N-ethyl adjacent to an activating group) is 1. The maximum Gasteiger partial charge on any atom is 0.307 e. The Labute approximate surface area is 147 Å². The number of carboxylic acids is 1. The summed E-state index contributed by atoms with van der Waals surface area (Å²) in [6.07, 6.45) is 1.11. The standard InChI is InChI=1S/C18H24N2O5/c1-3-20(4-2)16(21)11-25-13-7-5-6-12(10-13)19-17(22)14-8-9-15(14)18(23)24/h5-7,10,14-15H,3-4,8-9,11H2,1-2H3,(H,19,22)(H,23,24). The van der Waals surface area contributed by atoms with Crippen molar-refractivity contribution in [3.8, 4) is 5.75 Å². The van der Waals surface area contributed by atoms with E-state index in [1.165, 1.54) is 0 Å². The van der Waals surface area contributed by atoms with Crippen molar-refractivity contribution < 1.29 is 24.2 Å². The molecule has 0 heterocycles. The van der Waals surface area contributed by atoms with E-state index in [9.17, 15) is 14.4 Å². The topological polar surface area (TPSA) is 95.9 Å². The van der Waals surface area contributed by atoms with Gasteiger partial charge in [-0.05, 0) is 38.8 Å². The Kier molecular flexibility index (Phi) is 6.38.